The Hall–Kier alpha value is -1.63. The van der Waals surface area contributed by atoms with Crippen LogP contribution in [0.4, 0.5) is 0 Å². The molecule has 2 N–H and O–H groups in total. The SMILES string of the molecule is CCCNCCNC(=O)CCc1nc(-c2ccc(Cl)cc2)no1.Cl. The van der Waals surface area contributed by atoms with E-state index >= 15 is 0 Å². The fourth-order valence-corrected chi connectivity index (χ4v) is 2.10. The Balaban J connectivity index is 0.00000288. The summed E-state index contributed by atoms with van der Waals surface area (Å²) < 4.78 is 5.17. The Morgan fingerprint density at radius 3 is 2.67 bits per heavy atom. The first kappa shape index (κ1) is 20.4. The van der Waals surface area contributed by atoms with Gasteiger partial charge in [0.15, 0.2) is 0 Å². The maximum atomic E-state index is 11.7. The lowest BCUT2D eigenvalue weighted by Crippen LogP contribution is -2.32. The molecular formula is C16H22Cl2N4O2. The number of halogens is 2. The van der Waals surface area contributed by atoms with E-state index in [-0.39, 0.29) is 18.3 Å². The van der Waals surface area contributed by atoms with Crippen LogP contribution in [0.1, 0.15) is 25.7 Å². The zero-order valence-electron chi connectivity index (χ0n) is 13.5. The number of hydrogen-bond donors (Lipinski definition) is 2. The van der Waals surface area contributed by atoms with Crippen molar-refractivity contribution in [1.29, 1.82) is 0 Å². The van der Waals surface area contributed by atoms with Crippen LogP contribution < -0.4 is 10.6 Å². The van der Waals surface area contributed by atoms with Gasteiger partial charge in [0.25, 0.3) is 0 Å². The highest BCUT2D eigenvalue weighted by molar-refractivity contribution is 6.30. The number of nitrogens with zero attached hydrogens (tertiary/aromatic N) is 2. The molecule has 6 nitrogen and oxygen atoms in total. The van der Waals surface area contributed by atoms with Crippen molar-refractivity contribution in [3.05, 3.63) is 35.2 Å². The van der Waals surface area contributed by atoms with Gasteiger partial charge in [-0.2, -0.15) is 4.98 Å². The summed E-state index contributed by atoms with van der Waals surface area (Å²) in [6.07, 6.45) is 1.84. The summed E-state index contributed by atoms with van der Waals surface area (Å²) in [4.78, 5) is 16.0. The first-order valence-electron chi connectivity index (χ1n) is 7.75. The molecule has 0 radical (unpaired) electrons. The van der Waals surface area contributed by atoms with Gasteiger partial charge in [-0.1, -0.05) is 23.7 Å². The van der Waals surface area contributed by atoms with Crippen LogP contribution in [0.5, 0.6) is 0 Å². The molecular weight excluding hydrogens is 351 g/mol. The number of amides is 1. The van der Waals surface area contributed by atoms with E-state index < -0.39 is 0 Å². The van der Waals surface area contributed by atoms with Crippen molar-refractivity contribution in [3.8, 4) is 11.4 Å². The number of carbonyl (C=O) groups excluding carboxylic acids is 1. The topological polar surface area (TPSA) is 80.0 Å². The molecule has 0 aliphatic carbocycles. The smallest absolute Gasteiger partial charge is 0.227 e. The van der Waals surface area contributed by atoms with E-state index in [0.717, 1.165) is 25.1 Å². The second kappa shape index (κ2) is 11.0. The molecule has 1 aromatic carbocycles. The number of carbonyl (C=O) groups is 1. The molecule has 0 aliphatic heterocycles. The second-order valence-corrected chi connectivity index (χ2v) is 5.56. The molecule has 0 spiro atoms. The first-order chi connectivity index (χ1) is 11.2. The molecule has 24 heavy (non-hydrogen) atoms. The van der Waals surface area contributed by atoms with Gasteiger partial charge in [-0.25, -0.2) is 0 Å². The van der Waals surface area contributed by atoms with Gasteiger partial charge in [-0.05, 0) is 37.2 Å². The van der Waals surface area contributed by atoms with Crippen molar-refractivity contribution in [1.82, 2.24) is 20.8 Å². The fraction of sp³-hybridized carbons (Fsp3) is 0.438. The van der Waals surface area contributed by atoms with Gasteiger partial charge in [0.1, 0.15) is 0 Å². The Morgan fingerprint density at radius 2 is 1.96 bits per heavy atom. The molecule has 0 aliphatic rings. The molecule has 0 unspecified atom stereocenters. The van der Waals surface area contributed by atoms with Gasteiger partial charge in [-0.15, -0.1) is 12.4 Å². The van der Waals surface area contributed by atoms with E-state index in [2.05, 4.69) is 27.7 Å². The molecule has 0 saturated carbocycles. The van der Waals surface area contributed by atoms with E-state index in [4.69, 9.17) is 16.1 Å². The van der Waals surface area contributed by atoms with Crippen LogP contribution in [0.15, 0.2) is 28.8 Å². The molecule has 0 saturated heterocycles. The molecule has 0 atom stereocenters. The number of aromatic nitrogens is 2. The summed E-state index contributed by atoms with van der Waals surface area (Å²) in [7, 11) is 0. The molecule has 132 valence electrons. The zero-order valence-corrected chi connectivity index (χ0v) is 15.1. The molecule has 8 heteroatoms. The Morgan fingerprint density at radius 1 is 1.21 bits per heavy atom. The first-order valence-corrected chi connectivity index (χ1v) is 8.12. The Kier molecular flexibility index (Phi) is 9.37. The van der Waals surface area contributed by atoms with Gasteiger partial charge >= 0.3 is 0 Å². The average molecular weight is 373 g/mol. The predicted molar refractivity (Wildman–Crippen MR) is 96.5 cm³/mol. The van der Waals surface area contributed by atoms with Gasteiger partial charge in [-0.3, -0.25) is 4.79 Å². The van der Waals surface area contributed by atoms with Crippen LogP contribution in [0.3, 0.4) is 0 Å². The largest absolute Gasteiger partial charge is 0.355 e. The number of nitrogens with one attached hydrogen (secondary N) is 2. The Bertz CT molecular complexity index is 617. The van der Waals surface area contributed by atoms with Crippen molar-refractivity contribution in [2.45, 2.75) is 26.2 Å². The minimum Gasteiger partial charge on any atom is -0.355 e. The lowest BCUT2D eigenvalue weighted by Gasteiger charge is -2.04. The molecule has 0 fully saturated rings. The summed E-state index contributed by atoms with van der Waals surface area (Å²) in [5.74, 6) is 0.935. The van der Waals surface area contributed by atoms with Gasteiger partial charge in [0, 0.05) is 36.5 Å². The van der Waals surface area contributed by atoms with Crippen molar-refractivity contribution in [3.63, 3.8) is 0 Å². The summed E-state index contributed by atoms with van der Waals surface area (Å²) >= 11 is 5.85. The molecule has 2 aromatic rings. The molecule has 1 heterocycles. The summed E-state index contributed by atoms with van der Waals surface area (Å²) in [6, 6.07) is 7.19. The van der Waals surface area contributed by atoms with Crippen LogP contribution in [-0.2, 0) is 11.2 Å². The normalized spacial score (nSPS) is 10.2. The van der Waals surface area contributed by atoms with Crippen LogP contribution in [0.2, 0.25) is 5.02 Å². The average Bonchev–Trinajstić information content (AvgIpc) is 3.02. The van der Waals surface area contributed by atoms with Crippen LogP contribution in [0.25, 0.3) is 11.4 Å². The van der Waals surface area contributed by atoms with Crippen molar-refractivity contribution < 1.29 is 9.32 Å². The van der Waals surface area contributed by atoms with E-state index in [0.29, 0.717) is 36.1 Å². The highest BCUT2D eigenvalue weighted by Crippen LogP contribution is 2.18. The van der Waals surface area contributed by atoms with Gasteiger partial charge < -0.3 is 15.2 Å². The molecule has 0 bridgehead atoms. The van der Waals surface area contributed by atoms with Crippen molar-refractivity contribution in [2.75, 3.05) is 19.6 Å². The third kappa shape index (κ3) is 6.86. The quantitative estimate of drug-likeness (QED) is 0.661. The number of rotatable bonds is 9. The van der Waals surface area contributed by atoms with Crippen LogP contribution in [-0.4, -0.2) is 35.7 Å². The molecule has 2 rings (SSSR count). The van der Waals surface area contributed by atoms with Crippen LogP contribution >= 0.6 is 24.0 Å². The number of aryl methyl sites for hydroxylation is 1. The minimum atomic E-state index is -0.0189. The molecule has 1 aromatic heterocycles. The fourth-order valence-electron chi connectivity index (χ4n) is 1.97. The maximum absolute atomic E-state index is 11.7. The Labute approximate surface area is 152 Å². The van der Waals surface area contributed by atoms with E-state index in [1.54, 1.807) is 12.1 Å². The third-order valence-corrected chi connectivity index (χ3v) is 3.44. The highest BCUT2D eigenvalue weighted by Gasteiger charge is 2.10. The number of benzene rings is 1. The zero-order chi connectivity index (χ0) is 16.5. The van der Waals surface area contributed by atoms with E-state index in [1.807, 2.05) is 12.1 Å². The van der Waals surface area contributed by atoms with E-state index in [1.165, 1.54) is 0 Å². The molecule has 1 amide bonds. The highest BCUT2D eigenvalue weighted by atomic mass is 35.5. The maximum Gasteiger partial charge on any atom is 0.227 e. The standard InChI is InChI=1S/C16H21ClN4O2.ClH/c1-2-9-18-10-11-19-14(22)7-8-15-20-16(21-23-15)12-3-5-13(17)6-4-12;/h3-6,18H,2,7-11H2,1H3,(H,19,22);1H. The van der Waals surface area contributed by atoms with Gasteiger partial charge in [0.2, 0.25) is 17.6 Å². The van der Waals surface area contributed by atoms with Gasteiger partial charge in [0.05, 0.1) is 0 Å². The van der Waals surface area contributed by atoms with Crippen molar-refractivity contribution >= 4 is 29.9 Å². The third-order valence-electron chi connectivity index (χ3n) is 3.19. The lowest BCUT2D eigenvalue weighted by molar-refractivity contribution is -0.121. The second-order valence-electron chi connectivity index (χ2n) is 5.12. The number of hydrogen-bond acceptors (Lipinski definition) is 5. The monoisotopic (exact) mass is 372 g/mol. The van der Waals surface area contributed by atoms with E-state index in [9.17, 15) is 4.79 Å². The minimum absolute atomic E-state index is 0. The predicted octanol–water partition coefficient (Wildman–Crippen LogP) is 2.86. The summed E-state index contributed by atoms with van der Waals surface area (Å²) in [5.41, 5.74) is 0.829. The van der Waals surface area contributed by atoms with Crippen LogP contribution in [0, 0.1) is 0 Å². The summed E-state index contributed by atoms with van der Waals surface area (Å²) in [6.45, 7) is 4.47. The lowest BCUT2D eigenvalue weighted by atomic mass is 10.2. The summed E-state index contributed by atoms with van der Waals surface area (Å²) in [5, 5.41) is 10.6. The van der Waals surface area contributed by atoms with Crippen molar-refractivity contribution in [2.24, 2.45) is 0 Å².